The minimum Gasteiger partial charge on any atom is -0.310 e. The summed E-state index contributed by atoms with van der Waals surface area (Å²) in [7, 11) is 0. The maximum Gasteiger partial charge on any atom is 0.0329 e. The predicted octanol–water partition coefficient (Wildman–Crippen LogP) is 3.62. The molecule has 1 N–H and O–H groups in total. The highest BCUT2D eigenvalue weighted by molar-refractivity contribution is 7.98. The summed E-state index contributed by atoms with van der Waals surface area (Å²) in [5.74, 6) is 1.29. The lowest BCUT2D eigenvalue weighted by Gasteiger charge is -2.52. The highest BCUT2D eigenvalue weighted by Crippen LogP contribution is 2.32. The molecule has 1 atom stereocenters. The molecule has 1 aliphatic rings. The van der Waals surface area contributed by atoms with Crippen LogP contribution in [0.25, 0.3) is 0 Å². The van der Waals surface area contributed by atoms with E-state index in [-0.39, 0.29) is 0 Å². The third-order valence-electron chi connectivity index (χ3n) is 4.89. The molecule has 0 aromatic rings. The van der Waals surface area contributed by atoms with Crippen LogP contribution < -0.4 is 5.32 Å². The fraction of sp³-hybridized carbons (Fsp3) is 1.00. The average Bonchev–Trinajstić information content (AvgIpc) is 2.38. The van der Waals surface area contributed by atoms with Crippen LogP contribution in [0.5, 0.6) is 0 Å². The van der Waals surface area contributed by atoms with E-state index in [0.29, 0.717) is 17.0 Å². The first-order chi connectivity index (χ1) is 8.89. The van der Waals surface area contributed by atoms with E-state index in [1.54, 1.807) is 0 Å². The minimum absolute atomic E-state index is 0.353. The molecule has 0 amide bonds. The molecule has 1 heterocycles. The molecule has 0 spiro atoms. The van der Waals surface area contributed by atoms with Gasteiger partial charge in [-0.1, -0.05) is 34.6 Å². The van der Waals surface area contributed by atoms with Crippen LogP contribution in [0.2, 0.25) is 0 Å². The minimum atomic E-state index is 0.353. The lowest BCUT2D eigenvalue weighted by atomic mass is 9.80. The molecule has 1 aliphatic heterocycles. The van der Waals surface area contributed by atoms with Gasteiger partial charge in [-0.25, -0.2) is 0 Å². The Kier molecular flexibility index (Phi) is 6.68. The maximum atomic E-state index is 3.83. The third-order valence-corrected chi connectivity index (χ3v) is 5.59. The van der Waals surface area contributed by atoms with Crippen LogP contribution in [0.15, 0.2) is 0 Å². The number of hydrogen-bond donors (Lipinski definition) is 1. The van der Waals surface area contributed by atoms with Crippen LogP contribution in [0, 0.1) is 5.41 Å². The lowest BCUT2D eigenvalue weighted by molar-refractivity contribution is 0.00813. The van der Waals surface area contributed by atoms with Crippen molar-refractivity contribution in [3.05, 3.63) is 0 Å². The molecule has 2 nitrogen and oxygen atoms in total. The van der Waals surface area contributed by atoms with Gasteiger partial charge in [0.05, 0.1) is 0 Å². The summed E-state index contributed by atoms with van der Waals surface area (Å²) in [5.41, 5.74) is 0.742. The number of nitrogens with zero attached hydrogens (tertiary/aromatic N) is 1. The first-order valence-corrected chi connectivity index (χ1v) is 9.26. The molecule has 0 saturated carbocycles. The van der Waals surface area contributed by atoms with Gasteiger partial charge in [0.15, 0.2) is 0 Å². The van der Waals surface area contributed by atoms with Gasteiger partial charge in [0.25, 0.3) is 0 Å². The number of piperazine rings is 1. The van der Waals surface area contributed by atoms with E-state index in [4.69, 9.17) is 0 Å². The second kappa shape index (κ2) is 7.33. The Morgan fingerprint density at radius 2 is 1.89 bits per heavy atom. The highest BCUT2D eigenvalue weighted by Gasteiger charge is 2.41. The molecular weight excluding hydrogens is 252 g/mol. The average molecular weight is 287 g/mol. The Bertz CT molecular complexity index is 256. The molecule has 1 rings (SSSR count). The SMILES string of the molecule is CCC1(CC)CNC(C(C)(C)C)CN1CCCSC. The van der Waals surface area contributed by atoms with Crippen molar-refractivity contribution in [1.82, 2.24) is 10.2 Å². The van der Waals surface area contributed by atoms with Gasteiger partial charge in [-0.3, -0.25) is 4.90 Å². The van der Waals surface area contributed by atoms with E-state index in [2.05, 4.69) is 51.1 Å². The van der Waals surface area contributed by atoms with Crippen molar-refractivity contribution in [2.24, 2.45) is 5.41 Å². The zero-order chi connectivity index (χ0) is 14.5. The largest absolute Gasteiger partial charge is 0.310 e. The number of nitrogens with one attached hydrogen (secondary N) is 1. The number of hydrogen-bond acceptors (Lipinski definition) is 3. The van der Waals surface area contributed by atoms with E-state index in [9.17, 15) is 0 Å². The summed E-state index contributed by atoms with van der Waals surface area (Å²) >= 11 is 1.97. The van der Waals surface area contributed by atoms with E-state index in [0.717, 1.165) is 6.54 Å². The second-order valence-electron chi connectivity index (χ2n) is 7.02. The predicted molar refractivity (Wildman–Crippen MR) is 89.1 cm³/mol. The van der Waals surface area contributed by atoms with Crippen LogP contribution in [0.1, 0.15) is 53.9 Å². The first kappa shape index (κ1) is 17.3. The Labute approximate surface area is 125 Å². The van der Waals surface area contributed by atoms with Crippen LogP contribution >= 0.6 is 11.8 Å². The molecule has 1 unspecified atom stereocenters. The zero-order valence-corrected chi connectivity index (χ0v) is 14.7. The summed E-state index contributed by atoms with van der Waals surface area (Å²) in [4.78, 5) is 2.79. The van der Waals surface area contributed by atoms with Crippen molar-refractivity contribution in [1.29, 1.82) is 0 Å². The Morgan fingerprint density at radius 3 is 2.37 bits per heavy atom. The van der Waals surface area contributed by atoms with Crippen LogP contribution in [-0.4, -0.2) is 48.1 Å². The number of thioether (sulfide) groups is 1. The summed E-state index contributed by atoms with van der Waals surface area (Å²) in [6, 6.07) is 0.619. The molecule has 114 valence electrons. The zero-order valence-electron chi connectivity index (χ0n) is 13.9. The summed E-state index contributed by atoms with van der Waals surface area (Å²) < 4.78 is 0. The van der Waals surface area contributed by atoms with Crippen molar-refractivity contribution in [2.75, 3.05) is 31.6 Å². The maximum absolute atomic E-state index is 3.83. The molecule has 3 heteroatoms. The van der Waals surface area contributed by atoms with Gasteiger partial charge >= 0.3 is 0 Å². The fourth-order valence-electron chi connectivity index (χ4n) is 3.16. The monoisotopic (exact) mass is 286 g/mol. The summed E-state index contributed by atoms with van der Waals surface area (Å²) in [6.07, 6.45) is 6.04. The van der Waals surface area contributed by atoms with Gasteiger partial charge in [0.1, 0.15) is 0 Å². The van der Waals surface area contributed by atoms with E-state index in [1.807, 2.05) is 11.8 Å². The fourth-order valence-corrected chi connectivity index (χ4v) is 3.58. The van der Waals surface area contributed by atoms with Gasteiger partial charge in [0, 0.05) is 24.7 Å². The highest BCUT2D eigenvalue weighted by atomic mass is 32.2. The van der Waals surface area contributed by atoms with Gasteiger partial charge in [-0.05, 0) is 43.2 Å². The van der Waals surface area contributed by atoms with E-state index in [1.165, 1.54) is 38.1 Å². The molecule has 1 saturated heterocycles. The third kappa shape index (κ3) is 4.37. The van der Waals surface area contributed by atoms with Crippen LogP contribution in [0.4, 0.5) is 0 Å². The van der Waals surface area contributed by atoms with E-state index < -0.39 is 0 Å². The standard InChI is InChI=1S/C16H34N2S/c1-7-16(8-2)13-17-14(15(3,4)5)12-18(16)10-9-11-19-6/h14,17H,7-13H2,1-6H3. The molecule has 1 fully saturated rings. The molecule has 0 radical (unpaired) electrons. The second-order valence-corrected chi connectivity index (χ2v) is 8.01. The van der Waals surface area contributed by atoms with Gasteiger partial charge < -0.3 is 5.32 Å². The van der Waals surface area contributed by atoms with Crippen molar-refractivity contribution >= 4 is 11.8 Å². The van der Waals surface area contributed by atoms with Crippen molar-refractivity contribution in [3.8, 4) is 0 Å². The Balaban J connectivity index is 2.74. The molecule has 19 heavy (non-hydrogen) atoms. The van der Waals surface area contributed by atoms with Crippen molar-refractivity contribution in [2.45, 2.75) is 65.5 Å². The topological polar surface area (TPSA) is 15.3 Å². The lowest BCUT2D eigenvalue weighted by Crippen LogP contribution is -2.66. The molecule has 0 aliphatic carbocycles. The normalized spacial score (nSPS) is 24.6. The van der Waals surface area contributed by atoms with Gasteiger partial charge in [-0.15, -0.1) is 0 Å². The molecule has 0 bridgehead atoms. The summed E-state index contributed by atoms with van der Waals surface area (Å²) in [6.45, 7) is 15.4. The molecular formula is C16H34N2S. The van der Waals surface area contributed by atoms with Crippen LogP contribution in [-0.2, 0) is 0 Å². The first-order valence-electron chi connectivity index (χ1n) is 7.87. The van der Waals surface area contributed by atoms with E-state index >= 15 is 0 Å². The Morgan fingerprint density at radius 1 is 1.26 bits per heavy atom. The summed E-state index contributed by atoms with van der Waals surface area (Å²) in [5, 5.41) is 3.83. The smallest absolute Gasteiger partial charge is 0.0329 e. The van der Waals surface area contributed by atoms with Gasteiger partial charge in [0.2, 0.25) is 0 Å². The van der Waals surface area contributed by atoms with Crippen LogP contribution in [0.3, 0.4) is 0 Å². The van der Waals surface area contributed by atoms with Crippen molar-refractivity contribution in [3.63, 3.8) is 0 Å². The molecule has 0 aromatic carbocycles. The van der Waals surface area contributed by atoms with Crippen molar-refractivity contribution < 1.29 is 0 Å². The number of rotatable bonds is 6. The quantitative estimate of drug-likeness (QED) is 0.751. The molecule has 0 aromatic heterocycles. The Hall–Kier alpha value is 0.270. The van der Waals surface area contributed by atoms with Gasteiger partial charge in [-0.2, -0.15) is 11.8 Å².